The summed E-state index contributed by atoms with van der Waals surface area (Å²) in [6.07, 6.45) is 3.95. The number of carbonyl (C=O) groups is 1. The van der Waals surface area contributed by atoms with Gasteiger partial charge in [-0.05, 0) is 19.6 Å². The van der Waals surface area contributed by atoms with Crippen LogP contribution in [0.1, 0.15) is 30.6 Å². The molecule has 2 N–H and O–H groups in total. The molecule has 0 radical (unpaired) electrons. The zero-order valence-corrected chi connectivity index (χ0v) is 13.2. The number of aromatic nitrogens is 1. The van der Waals surface area contributed by atoms with E-state index >= 15 is 0 Å². The Bertz CT molecular complexity index is 510. The predicted octanol–water partition coefficient (Wildman–Crippen LogP) is 2.29. The standard InChI is InChI=1S/C13H20N4O3S/c1-4-5-14-12-6-10(11(7-15-12)17(19)20)13(18)16-9(2)8-21-3/h6-7,9H,4-5,8H2,1-3H3,(H,14,15)(H,16,18). The number of nitrogens with zero attached hydrogens (tertiary/aromatic N) is 2. The summed E-state index contributed by atoms with van der Waals surface area (Å²) in [6.45, 7) is 4.54. The number of pyridine rings is 1. The number of hydrogen-bond acceptors (Lipinski definition) is 6. The molecule has 1 atom stereocenters. The Balaban J connectivity index is 2.99. The van der Waals surface area contributed by atoms with Crippen molar-refractivity contribution >= 4 is 29.2 Å². The van der Waals surface area contributed by atoms with Crippen LogP contribution in [0.5, 0.6) is 0 Å². The average Bonchev–Trinajstić information content (AvgIpc) is 2.44. The van der Waals surface area contributed by atoms with Crippen LogP contribution in [-0.2, 0) is 0 Å². The fourth-order valence-corrected chi connectivity index (χ4v) is 2.30. The lowest BCUT2D eigenvalue weighted by Crippen LogP contribution is -2.34. The Morgan fingerprint density at radius 2 is 2.29 bits per heavy atom. The van der Waals surface area contributed by atoms with Gasteiger partial charge in [-0.3, -0.25) is 14.9 Å². The number of amides is 1. The summed E-state index contributed by atoms with van der Waals surface area (Å²) in [7, 11) is 0. The molecular formula is C13H20N4O3S. The molecule has 21 heavy (non-hydrogen) atoms. The van der Waals surface area contributed by atoms with Crippen molar-refractivity contribution in [3.8, 4) is 0 Å². The van der Waals surface area contributed by atoms with Crippen LogP contribution in [0.15, 0.2) is 12.3 Å². The number of nitro groups is 1. The van der Waals surface area contributed by atoms with Gasteiger partial charge in [-0.15, -0.1) is 0 Å². The van der Waals surface area contributed by atoms with Crippen LogP contribution in [0.3, 0.4) is 0 Å². The van der Waals surface area contributed by atoms with Crippen LogP contribution in [0.4, 0.5) is 11.5 Å². The first-order chi connectivity index (χ1) is 9.99. The average molecular weight is 312 g/mol. The van der Waals surface area contributed by atoms with Crippen LogP contribution in [-0.4, -0.2) is 40.4 Å². The molecule has 8 heteroatoms. The first kappa shape index (κ1) is 17.2. The Hall–Kier alpha value is -1.83. The van der Waals surface area contributed by atoms with E-state index in [1.165, 1.54) is 6.07 Å². The van der Waals surface area contributed by atoms with Gasteiger partial charge in [0.15, 0.2) is 0 Å². The van der Waals surface area contributed by atoms with E-state index in [-0.39, 0.29) is 17.3 Å². The van der Waals surface area contributed by atoms with Gasteiger partial charge in [-0.25, -0.2) is 4.98 Å². The van der Waals surface area contributed by atoms with Crippen LogP contribution < -0.4 is 10.6 Å². The van der Waals surface area contributed by atoms with E-state index in [2.05, 4.69) is 15.6 Å². The molecular weight excluding hydrogens is 292 g/mol. The first-order valence-electron chi connectivity index (χ1n) is 6.67. The molecule has 0 aromatic carbocycles. The highest BCUT2D eigenvalue weighted by Crippen LogP contribution is 2.20. The van der Waals surface area contributed by atoms with Gasteiger partial charge in [0.1, 0.15) is 17.6 Å². The van der Waals surface area contributed by atoms with E-state index in [4.69, 9.17) is 0 Å². The number of hydrogen-bond donors (Lipinski definition) is 2. The Morgan fingerprint density at radius 1 is 1.57 bits per heavy atom. The van der Waals surface area contributed by atoms with Gasteiger partial charge in [-0.2, -0.15) is 11.8 Å². The SMILES string of the molecule is CCCNc1cc(C(=O)NC(C)CSC)c([N+](=O)[O-])cn1. The topological polar surface area (TPSA) is 97.2 Å². The summed E-state index contributed by atoms with van der Waals surface area (Å²) in [5.74, 6) is 0.751. The number of nitrogens with one attached hydrogen (secondary N) is 2. The third kappa shape index (κ3) is 5.22. The second-order valence-corrected chi connectivity index (χ2v) is 5.51. The summed E-state index contributed by atoms with van der Waals surface area (Å²) in [4.78, 5) is 26.6. The van der Waals surface area contributed by atoms with Gasteiger partial charge in [-0.1, -0.05) is 6.92 Å². The lowest BCUT2D eigenvalue weighted by molar-refractivity contribution is -0.385. The van der Waals surface area contributed by atoms with Crippen LogP contribution in [0, 0.1) is 10.1 Å². The molecule has 0 aliphatic carbocycles. The van der Waals surface area contributed by atoms with Crippen LogP contribution in [0.25, 0.3) is 0 Å². The van der Waals surface area contributed by atoms with Crippen LogP contribution >= 0.6 is 11.8 Å². The molecule has 0 bridgehead atoms. The van der Waals surface area contributed by atoms with Gasteiger partial charge >= 0.3 is 0 Å². The molecule has 1 heterocycles. The molecule has 1 aromatic rings. The third-order valence-electron chi connectivity index (χ3n) is 2.67. The third-order valence-corrected chi connectivity index (χ3v) is 3.51. The molecule has 1 unspecified atom stereocenters. The van der Waals surface area contributed by atoms with Gasteiger partial charge in [0.05, 0.1) is 4.92 Å². The van der Waals surface area contributed by atoms with Crippen molar-refractivity contribution in [3.05, 3.63) is 27.9 Å². The summed E-state index contributed by atoms with van der Waals surface area (Å²) >= 11 is 1.60. The zero-order valence-electron chi connectivity index (χ0n) is 12.4. The van der Waals surface area contributed by atoms with Gasteiger partial charge in [0.2, 0.25) is 0 Å². The van der Waals surface area contributed by atoms with Crippen molar-refractivity contribution < 1.29 is 9.72 Å². The molecule has 1 rings (SSSR count). The second kappa shape index (κ2) is 8.46. The Morgan fingerprint density at radius 3 is 2.86 bits per heavy atom. The normalized spacial score (nSPS) is 11.8. The summed E-state index contributed by atoms with van der Waals surface area (Å²) < 4.78 is 0. The van der Waals surface area contributed by atoms with Crippen molar-refractivity contribution in [2.75, 3.05) is 23.9 Å². The van der Waals surface area contributed by atoms with Crippen molar-refractivity contribution in [2.45, 2.75) is 26.3 Å². The predicted molar refractivity (Wildman–Crippen MR) is 85.0 cm³/mol. The van der Waals surface area contributed by atoms with Gasteiger partial charge in [0.25, 0.3) is 11.6 Å². The first-order valence-corrected chi connectivity index (χ1v) is 8.07. The molecule has 0 aliphatic heterocycles. The smallest absolute Gasteiger partial charge is 0.300 e. The highest BCUT2D eigenvalue weighted by atomic mass is 32.2. The number of thioether (sulfide) groups is 1. The molecule has 0 spiro atoms. The van der Waals surface area contributed by atoms with E-state index < -0.39 is 10.8 Å². The molecule has 0 aliphatic rings. The largest absolute Gasteiger partial charge is 0.370 e. The lowest BCUT2D eigenvalue weighted by Gasteiger charge is -2.13. The molecule has 1 aromatic heterocycles. The van der Waals surface area contributed by atoms with Crippen molar-refractivity contribution in [2.24, 2.45) is 0 Å². The zero-order chi connectivity index (χ0) is 15.8. The highest BCUT2D eigenvalue weighted by Gasteiger charge is 2.22. The Kier molecular flexibility index (Phi) is 6.93. The summed E-state index contributed by atoms with van der Waals surface area (Å²) in [5, 5.41) is 16.8. The number of anilines is 1. The molecule has 0 saturated heterocycles. The van der Waals surface area contributed by atoms with Crippen molar-refractivity contribution in [1.29, 1.82) is 0 Å². The summed E-state index contributed by atoms with van der Waals surface area (Å²) in [5.41, 5.74) is -0.257. The molecule has 0 fully saturated rings. The molecule has 116 valence electrons. The van der Waals surface area contributed by atoms with E-state index in [1.807, 2.05) is 20.1 Å². The molecule has 7 nitrogen and oxygen atoms in total. The summed E-state index contributed by atoms with van der Waals surface area (Å²) in [6, 6.07) is 1.36. The fraction of sp³-hybridized carbons (Fsp3) is 0.538. The van der Waals surface area contributed by atoms with E-state index in [0.29, 0.717) is 12.4 Å². The molecule has 0 saturated carbocycles. The quantitative estimate of drug-likeness (QED) is 0.564. The monoisotopic (exact) mass is 312 g/mol. The van der Waals surface area contributed by atoms with E-state index in [1.54, 1.807) is 11.8 Å². The minimum atomic E-state index is -0.593. The fourth-order valence-electron chi connectivity index (χ4n) is 1.72. The van der Waals surface area contributed by atoms with E-state index in [9.17, 15) is 14.9 Å². The van der Waals surface area contributed by atoms with Gasteiger partial charge < -0.3 is 10.6 Å². The minimum absolute atomic E-state index is 0.0292. The van der Waals surface area contributed by atoms with Crippen molar-refractivity contribution in [1.82, 2.24) is 10.3 Å². The maximum absolute atomic E-state index is 12.2. The number of carbonyl (C=O) groups excluding carboxylic acids is 1. The van der Waals surface area contributed by atoms with Gasteiger partial charge in [0, 0.05) is 24.4 Å². The Labute approximate surface area is 128 Å². The lowest BCUT2D eigenvalue weighted by atomic mass is 10.2. The van der Waals surface area contributed by atoms with Crippen molar-refractivity contribution in [3.63, 3.8) is 0 Å². The number of rotatable bonds is 8. The van der Waals surface area contributed by atoms with Crippen LogP contribution in [0.2, 0.25) is 0 Å². The maximum Gasteiger partial charge on any atom is 0.300 e. The minimum Gasteiger partial charge on any atom is -0.370 e. The second-order valence-electron chi connectivity index (χ2n) is 4.60. The highest BCUT2D eigenvalue weighted by molar-refractivity contribution is 7.98. The molecule has 1 amide bonds. The maximum atomic E-state index is 12.2. The van der Waals surface area contributed by atoms with E-state index in [0.717, 1.165) is 18.4 Å².